The van der Waals surface area contributed by atoms with E-state index in [-0.39, 0.29) is 6.71 Å². The van der Waals surface area contributed by atoms with E-state index < -0.39 is 0 Å². The second kappa shape index (κ2) is 11.0. The van der Waals surface area contributed by atoms with E-state index in [1.165, 1.54) is 79.7 Å². The van der Waals surface area contributed by atoms with E-state index in [2.05, 4.69) is 164 Å². The van der Waals surface area contributed by atoms with Crippen LogP contribution in [0, 0.1) is 0 Å². The Labute approximate surface area is 272 Å². The number of hydrogen-bond donors (Lipinski definition) is 0. The van der Waals surface area contributed by atoms with Crippen molar-refractivity contribution in [3.8, 4) is 33.4 Å². The summed E-state index contributed by atoms with van der Waals surface area (Å²) in [4.78, 5) is 2.68. The van der Waals surface area contributed by atoms with Crippen molar-refractivity contribution in [1.29, 1.82) is 0 Å². The van der Waals surface area contributed by atoms with Gasteiger partial charge in [-0.25, -0.2) is 0 Å². The molecule has 9 rings (SSSR count). The van der Waals surface area contributed by atoms with Crippen LogP contribution in [0.2, 0.25) is 0 Å². The van der Waals surface area contributed by atoms with Gasteiger partial charge in [0, 0.05) is 30.0 Å². The van der Waals surface area contributed by atoms with Crippen LogP contribution in [-0.2, 0) is 0 Å². The van der Waals surface area contributed by atoms with Gasteiger partial charge in [-0.2, -0.15) is 0 Å². The van der Waals surface area contributed by atoms with E-state index in [1.807, 2.05) is 23.1 Å². The summed E-state index contributed by atoms with van der Waals surface area (Å²) in [5.41, 5.74) is 11.6. The van der Waals surface area contributed by atoms with Crippen LogP contribution < -0.4 is 16.4 Å². The summed E-state index contributed by atoms with van der Waals surface area (Å²) in [5.74, 6) is 0. The van der Waals surface area contributed by atoms with E-state index in [1.54, 1.807) is 0 Å². The highest BCUT2D eigenvalue weighted by Gasteiger charge is 2.31. The average molecular weight is 607 g/mol. The minimum absolute atomic E-state index is 0.243. The van der Waals surface area contributed by atoms with Crippen LogP contribution in [-0.4, -0.2) is 6.71 Å². The topological polar surface area (TPSA) is 0 Å². The zero-order chi connectivity index (χ0) is 29.7. The first kappa shape index (κ1) is 26.6. The molecule has 3 heteroatoms. The molecule has 45 heavy (non-hydrogen) atoms. The van der Waals surface area contributed by atoms with Crippen molar-refractivity contribution < 1.29 is 0 Å². The quantitative estimate of drug-likeness (QED) is 0.180. The summed E-state index contributed by atoms with van der Waals surface area (Å²) in [6.45, 7) is 0.243. The first-order valence-electron chi connectivity index (χ1n) is 15.4. The fourth-order valence-corrected chi connectivity index (χ4v) is 9.28. The van der Waals surface area contributed by atoms with Crippen molar-refractivity contribution in [3.05, 3.63) is 164 Å². The van der Waals surface area contributed by atoms with E-state index in [9.17, 15) is 0 Å². The Morgan fingerprint density at radius 3 is 1.87 bits per heavy atom. The van der Waals surface area contributed by atoms with Crippen LogP contribution >= 0.6 is 23.1 Å². The lowest BCUT2D eigenvalue weighted by Gasteiger charge is -2.26. The third kappa shape index (κ3) is 4.63. The summed E-state index contributed by atoms with van der Waals surface area (Å²) < 4.78 is 2.69. The molecule has 2 heterocycles. The molecule has 0 unspecified atom stereocenters. The van der Waals surface area contributed by atoms with Gasteiger partial charge in [0.2, 0.25) is 6.71 Å². The van der Waals surface area contributed by atoms with Gasteiger partial charge in [-0.05, 0) is 63.7 Å². The summed E-state index contributed by atoms with van der Waals surface area (Å²) in [6, 6.07) is 60.3. The Balaban J connectivity index is 1.10. The third-order valence-corrected chi connectivity index (χ3v) is 11.4. The molecular weight excluding hydrogens is 579 g/mol. The van der Waals surface area contributed by atoms with Crippen LogP contribution in [0.5, 0.6) is 0 Å². The van der Waals surface area contributed by atoms with Gasteiger partial charge in [0.15, 0.2) is 0 Å². The standard InChI is InChI=1S/C42H27BS2/c1-2-15-33(16-3-1)43-37-20-5-7-22-40(37)44-41-27-31(23-24-38(41)43)29-12-8-11-28(25-29)30-13-9-14-32(26-30)34-18-10-19-36-35-17-4-6-21-39(35)45-42(34)36/h1-27H. The zero-order valence-electron chi connectivity index (χ0n) is 24.5. The second-order valence-electron chi connectivity index (χ2n) is 11.7. The molecule has 0 atom stereocenters. The van der Waals surface area contributed by atoms with Crippen LogP contribution in [0.4, 0.5) is 0 Å². The van der Waals surface area contributed by atoms with Gasteiger partial charge in [0.1, 0.15) is 0 Å². The Morgan fingerprint density at radius 1 is 0.400 bits per heavy atom. The second-order valence-corrected chi connectivity index (χ2v) is 13.8. The van der Waals surface area contributed by atoms with Crippen molar-refractivity contribution in [2.24, 2.45) is 0 Å². The highest BCUT2D eigenvalue weighted by atomic mass is 32.2. The van der Waals surface area contributed by atoms with Crippen molar-refractivity contribution in [1.82, 2.24) is 0 Å². The zero-order valence-corrected chi connectivity index (χ0v) is 26.1. The van der Waals surface area contributed by atoms with Gasteiger partial charge in [-0.1, -0.05) is 162 Å². The van der Waals surface area contributed by atoms with E-state index >= 15 is 0 Å². The largest absolute Gasteiger partial charge is 0.244 e. The Kier molecular flexibility index (Phi) is 6.47. The van der Waals surface area contributed by atoms with Crippen LogP contribution in [0.1, 0.15) is 0 Å². The number of rotatable bonds is 4. The number of fused-ring (bicyclic) bond motifs is 5. The molecule has 0 N–H and O–H groups in total. The highest BCUT2D eigenvalue weighted by molar-refractivity contribution is 8.00. The first-order chi connectivity index (χ1) is 22.3. The summed E-state index contributed by atoms with van der Waals surface area (Å²) >= 11 is 3.78. The molecule has 7 aromatic carbocycles. The fraction of sp³-hybridized carbons (Fsp3) is 0. The van der Waals surface area contributed by atoms with Crippen molar-refractivity contribution >= 4 is 66.4 Å². The molecule has 8 aromatic rings. The predicted molar refractivity (Wildman–Crippen MR) is 197 cm³/mol. The van der Waals surface area contributed by atoms with Crippen molar-refractivity contribution in [3.63, 3.8) is 0 Å². The Hall–Kier alpha value is -4.83. The molecule has 1 aliphatic rings. The normalized spacial score (nSPS) is 12.3. The SMILES string of the molecule is c1ccc(B2c3ccccc3Sc3cc(-c4cccc(-c5cccc(-c6cccc7c6sc6ccccc67)c5)c4)ccc32)cc1. The minimum Gasteiger partial charge on any atom is -0.135 e. The highest BCUT2D eigenvalue weighted by Crippen LogP contribution is 2.41. The average Bonchev–Trinajstić information content (AvgIpc) is 3.50. The fourth-order valence-electron chi connectivity index (χ4n) is 6.86. The first-order valence-corrected chi connectivity index (χ1v) is 17.0. The molecule has 0 radical (unpaired) electrons. The maximum absolute atomic E-state index is 2.39. The Bertz CT molecular complexity index is 2370. The van der Waals surface area contributed by atoms with Gasteiger partial charge in [0.25, 0.3) is 0 Å². The molecule has 0 saturated heterocycles. The van der Waals surface area contributed by atoms with Crippen molar-refractivity contribution in [2.45, 2.75) is 9.79 Å². The Morgan fingerprint density at radius 2 is 1.02 bits per heavy atom. The molecule has 210 valence electrons. The minimum atomic E-state index is 0.243. The van der Waals surface area contributed by atoms with E-state index in [4.69, 9.17) is 0 Å². The molecule has 0 spiro atoms. The lowest BCUT2D eigenvalue weighted by Crippen LogP contribution is -2.55. The maximum Gasteiger partial charge on any atom is 0.244 e. The number of hydrogen-bond acceptors (Lipinski definition) is 2. The lowest BCUT2D eigenvalue weighted by molar-refractivity contribution is 1.43. The van der Waals surface area contributed by atoms with E-state index in [0.717, 1.165) is 0 Å². The van der Waals surface area contributed by atoms with Crippen LogP contribution in [0.25, 0.3) is 53.6 Å². The van der Waals surface area contributed by atoms with Gasteiger partial charge in [0.05, 0.1) is 0 Å². The number of thiophene rings is 1. The molecule has 0 aliphatic carbocycles. The molecular formula is C42H27BS2. The molecule has 0 saturated carbocycles. The summed E-state index contributed by atoms with van der Waals surface area (Å²) in [6.07, 6.45) is 0. The van der Waals surface area contributed by atoms with Gasteiger partial charge >= 0.3 is 0 Å². The van der Waals surface area contributed by atoms with Gasteiger partial charge < -0.3 is 0 Å². The maximum atomic E-state index is 2.39. The molecule has 1 aliphatic heterocycles. The molecule has 0 nitrogen and oxygen atoms in total. The monoisotopic (exact) mass is 606 g/mol. The molecule has 0 bridgehead atoms. The molecule has 1 aromatic heterocycles. The molecule has 0 amide bonds. The summed E-state index contributed by atoms with van der Waals surface area (Å²) in [5, 5.41) is 2.67. The lowest BCUT2D eigenvalue weighted by atomic mass is 9.36. The predicted octanol–water partition coefficient (Wildman–Crippen LogP) is 10.0. The smallest absolute Gasteiger partial charge is 0.135 e. The molecule has 0 fully saturated rings. The van der Waals surface area contributed by atoms with Gasteiger partial charge in [-0.3, -0.25) is 0 Å². The third-order valence-electron chi connectivity index (χ3n) is 9.01. The van der Waals surface area contributed by atoms with Crippen molar-refractivity contribution in [2.75, 3.05) is 0 Å². The number of benzene rings is 7. The van der Waals surface area contributed by atoms with Gasteiger partial charge in [-0.15, -0.1) is 11.3 Å². The summed E-state index contributed by atoms with van der Waals surface area (Å²) in [7, 11) is 0. The van der Waals surface area contributed by atoms with Crippen LogP contribution in [0.3, 0.4) is 0 Å². The van der Waals surface area contributed by atoms with Crippen LogP contribution in [0.15, 0.2) is 174 Å². The van der Waals surface area contributed by atoms with E-state index in [0.29, 0.717) is 0 Å².